The molecule has 0 unspecified atom stereocenters. The Labute approximate surface area is 123 Å². The molecule has 7 heteroatoms. The van der Waals surface area contributed by atoms with Gasteiger partial charge in [0.1, 0.15) is 0 Å². The van der Waals surface area contributed by atoms with Crippen LogP contribution in [0.15, 0.2) is 23.7 Å². The van der Waals surface area contributed by atoms with Gasteiger partial charge >= 0.3 is 5.97 Å². The van der Waals surface area contributed by atoms with Crippen LogP contribution in [0.5, 0.6) is 0 Å². The van der Waals surface area contributed by atoms with E-state index in [1.807, 2.05) is 18.4 Å². The topological polar surface area (TPSA) is 79.3 Å². The number of carboxylic acids is 1. The van der Waals surface area contributed by atoms with Crippen LogP contribution in [0.4, 0.5) is 5.13 Å². The summed E-state index contributed by atoms with van der Waals surface area (Å²) >= 11 is 2.62. The number of rotatable bonds is 5. The standard InChI is InChI=1S/C13H12N2O3S2/c1-2-8-5-6-19-11(8)12(18)15-13-14-7-9(20-13)3-4-10(16)17/h3-7H,2H2,1H3,(H,16,17)(H,14,15,18)/b4-3+. The van der Waals surface area contributed by atoms with Crippen LogP contribution in [0.3, 0.4) is 0 Å². The number of thiophene rings is 1. The minimum atomic E-state index is -1.02. The Morgan fingerprint density at radius 1 is 1.50 bits per heavy atom. The first kappa shape index (κ1) is 14.4. The molecule has 0 saturated heterocycles. The van der Waals surface area contributed by atoms with Gasteiger partial charge in [0.2, 0.25) is 0 Å². The highest BCUT2D eigenvalue weighted by molar-refractivity contribution is 7.16. The van der Waals surface area contributed by atoms with Crippen molar-refractivity contribution < 1.29 is 14.7 Å². The van der Waals surface area contributed by atoms with E-state index in [-0.39, 0.29) is 5.91 Å². The maximum absolute atomic E-state index is 12.1. The Hall–Kier alpha value is -1.99. The Kier molecular flexibility index (Phi) is 4.65. The monoisotopic (exact) mass is 308 g/mol. The number of nitrogens with zero attached hydrogens (tertiary/aromatic N) is 1. The molecule has 104 valence electrons. The summed E-state index contributed by atoms with van der Waals surface area (Å²) < 4.78 is 0. The lowest BCUT2D eigenvalue weighted by molar-refractivity contribution is -0.131. The average molecular weight is 308 g/mol. The summed E-state index contributed by atoms with van der Waals surface area (Å²) in [6, 6.07) is 1.93. The van der Waals surface area contributed by atoms with Crippen molar-refractivity contribution in [1.29, 1.82) is 0 Å². The molecule has 0 saturated carbocycles. The summed E-state index contributed by atoms with van der Waals surface area (Å²) in [5, 5.41) is 13.6. The number of aromatic nitrogens is 1. The zero-order chi connectivity index (χ0) is 14.5. The van der Waals surface area contributed by atoms with E-state index in [2.05, 4.69) is 10.3 Å². The maximum Gasteiger partial charge on any atom is 0.328 e. The zero-order valence-corrected chi connectivity index (χ0v) is 12.3. The van der Waals surface area contributed by atoms with Crippen LogP contribution >= 0.6 is 22.7 Å². The molecule has 0 spiro atoms. The second-order valence-electron chi connectivity index (χ2n) is 3.82. The van der Waals surface area contributed by atoms with Gasteiger partial charge in [0.05, 0.1) is 4.88 Å². The van der Waals surface area contributed by atoms with Crippen LogP contribution in [0.2, 0.25) is 0 Å². The van der Waals surface area contributed by atoms with Gasteiger partial charge < -0.3 is 5.11 Å². The van der Waals surface area contributed by atoms with Crippen LogP contribution in [-0.4, -0.2) is 22.0 Å². The van der Waals surface area contributed by atoms with Gasteiger partial charge in [-0.2, -0.15) is 0 Å². The number of nitrogens with one attached hydrogen (secondary N) is 1. The lowest BCUT2D eigenvalue weighted by Gasteiger charge is -2.01. The molecule has 0 bridgehead atoms. The molecule has 0 radical (unpaired) electrons. The molecule has 1 amide bonds. The highest BCUT2D eigenvalue weighted by Gasteiger charge is 2.13. The smallest absolute Gasteiger partial charge is 0.328 e. The molecular weight excluding hydrogens is 296 g/mol. The third kappa shape index (κ3) is 3.52. The summed E-state index contributed by atoms with van der Waals surface area (Å²) in [4.78, 5) is 27.9. The predicted molar refractivity (Wildman–Crippen MR) is 80.4 cm³/mol. The fraction of sp³-hybridized carbons (Fsp3) is 0.154. The van der Waals surface area contributed by atoms with Gasteiger partial charge in [-0.15, -0.1) is 11.3 Å². The molecule has 5 nitrogen and oxygen atoms in total. The molecule has 0 aliphatic carbocycles. The summed E-state index contributed by atoms with van der Waals surface area (Å²) in [5.41, 5.74) is 1.01. The van der Waals surface area contributed by atoms with Crippen LogP contribution < -0.4 is 5.32 Å². The van der Waals surface area contributed by atoms with E-state index in [9.17, 15) is 9.59 Å². The Bertz CT molecular complexity index is 658. The molecule has 0 aromatic carbocycles. The van der Waals surface area contributed by atoms with E-state index in [4.69, 9.17) is 5.11 Å². The van der Waals surface area contributed by atoms with Crippen molar-refractivity contribution in [3.8, 4) is 0 Å². The first-order chi connectivity index (χ1) is 9.60. The second kappa shape index (κ2) is 6.44. The molecule has 2 aromatic heterocycles. The van der Waals surface area contributed by atoms with Crippen LogP contribution in [0.25, 0.3) is 6.08 Å². The predicted octanol–water partition coefficient (Wildman–Crippen LogP) is 3.12. The van der Waals surface area contributed by atoms with Crippen molar-refractivity contribution in [3.63, 3.8) is 0 Å². The van der Waals surface area contributed by atoms with E-state index in [1.165, 1.54) is 34.9 Å². The number of hydrogen-bond donors (Lipinski definition) is 2. The molecule has 2 heterocycles. The molecule has 0 atom stereocenters. The first-order valence-corrected chi connectivity index (χ1v) is 7.54. The quantitative estimate of drug-likeness (QED) is 0.832. The summed E-state index contributed by atoms with van der Waals surface area (Å²) in [6.45, 7) is 2.00. The number of carbonyl (C=O) groups excluding carboxylic acids is 1. The van der Waals surface area contributed by atoms with Crippen molar-refractivity contribution in [2.75, 3.05) is 5.32 Å². The third-order valence-corrected chi connectivity index (χ3v) is 4.30. The molecule has 0 fully saturated rings. The van der Waals surface area contributed by atoms with E-state index >= 15 is 0 Å². The molecule has 2 aromatic rings. The Morgan fingerprint density at radius 3 is 3.00 bits per heavy atom. The van der Waals surface area contributed by atoms with E-state index in [1.54, 1.807) is 0 Å². The van der Waals surface area contributed by atoms with Crippen LogP contribution in [0.1, 0.15) is 27.0 Å². The zero-order valence-electron chi connectivity index (χ0n) is 10.6. The molecule has 0 aliphatic rings. The fourth-order valence-corrected chi connectivity index (χ4v) is 3.15. The van der Waals surface area contributed by atoms with Crippen LogP contribution in [-0.2, 0) is 11.2 Å². The van der Waals surface area contributed by atoms with Crippen molar-refractivity contribution in [2.24, 2.45) is 0 Å². The number of aryl methyl sites for hydroxylation is 1. The largest absolute Gasteiger partial charge is 0.478 e. The number of hydrogen-bond acceptors (Lipinski definition) is 5. The van der Waals surface area contributed by atoms with Crippen molar-refractivity contribution in [1.82, 2.24) is 4.98 Å². The molecule has 2 N–H and O–H groups in total. The SMILES string of the molecule is CCc1ccsc1C(=O)Nc1ncc(/C=C/C(=O)O)s1. The van der Waals surface area contributed by atoms with Gasteiger partial charge in [-0.25, -0.2) is 9.78 Å². The number of thiazole rings is 1. The minimum Gasteiger partial charge on any atom is -0.478 e. The van der Waals surface area contributed by atoms with Gasteiger partial charge in [0, 0.05) is 17.2 Å². The minimum absolute atomic E-state index is 0.181. The second-order valence-corrected chi connectivity index (χ2v) is 5.80. The number of carboxylic acid groups (broad SMARTS) is 1. The summed E-state index contributed by atoms with van der Waals surface area (Å²) in [6.07, 6.45) is 4.80. The number of amides is 1. The third-order valence-electron chi connectivity index (χ3n) is 2.47. The fourth-order valence-electron chi connectivity index (χ4n) is 1.54. The summed E-state index contributed by atoms with van der Waals surface area (Å²) in [7, 11) is 0. The van der Waals surface area contributed by atoms with E-state index in [0.717, 1.165) is 18.1 Å². The maximum atomic E-state index is 12.1. The molecule has 20 heavy (non-hydrogen) atoms. The Morgan fingerprint density at radius 2 is 2.30 bits per heavy atom. The highest BCUT2D eigenvalue weighted by atomic mass is 32.1. The van der Waals surface area contributed by atoms with Gasteiger partial charge in [-0.05, 0) is 29.5 Å². The Balaban J connectivity index is 2.07. The normalized spacial score (nSPS) is 10.8. The molecule has 0 aliphatic heterocycles. The molecule has 2 rings (SSSR count). The van der Waals surface area contributed by atoms with Crippen LogP contribution in [0, 0.1) is 0 Å². The van der Waals surface area contributed by atoms with E-state index < -0.39 is 5.97 Å². The highest BCUT2D eigenvalue weighted by Crippen LogP contribution is 2.23. The van der Waals surface area contributed by atoms with Gasteiger partial charge in [0.15, 0.2) is 5.13 Å². The lowest BCUT2D eigenvalue weighted by atomic mass is 10.2. The van der Waals surface area contributed by atoms with E-state index in [0.29, 0.717) is 14.9 Å². The van der Waals surface area contributed by atoms with Gasteiger partial charge in [-0.3, -0.25) is 10.1 Å². The van der Waals surface area contributed by atoms with Crippen molar-refractivity contribution >= 4 is 45.8 Å². The van der Waals surface area contributed by atoms with Gasteiger partial charge in [0.25, 0.3) is 5.91 Å². The number of aliphatic carboxylic acids is 1. The average Bonchev–Trinajstić information content (AvgIpc) is 3.04. The lowest BCUT2D eigenvalue weighted by Crippen LogP contribution is -2.11. The number of anilines is 1. The van der Waals surface area contributed by atoms with Crippen molar-refractivity contribution in [2.45, 2.75) is 13.3 Å². The summed E-state index contributed by atoms with van der Waals surface area (Å²) in [5.74, 6) is -1.20. The number of carbonyl (C=O) groups is 2. The molecular formula is C13H12N2O3S2. The van der Waals surface area contributed by atoms with Crippen molar-refractivity contribution in [3.05, 3.63) is 39.0 Å². The van der Waals surface area contributed by atoms with Gasteiger partial charge in [-0.1, -0.05) is 18.3 Å². The first-order valence-electron chi connectivity index (χ1n) is 5.84.